The molecule has 0 saturated heterocycles. The van der Waals surface area contributed by atoms with Gasteiger partial charge in [0, 0.05) is 22.2 Å². The van der Waals surface area contributed by atoms with Gasteiger partial charge >= 0.3 is 0 Å². The van der Waals surface area contributed by atoms with Gasteiger partial charge in [-0.05, 0) is 18.2 Å². The van der Waals surface area contributed by atoms with E-state index in [0.717, 1.165) is 26.4 Å². The van der Waals surface area contributed by atoms with Crippen LogP contribution in [0.15, 0.2) is 76.1 Å². The summed E-state index contributed by atoms with van der Waals surface area (Å²) in [6, 6.07) is 18.4. The van der Waals surface area contributed by atoms with Gasteiger partial charge in [-0.15, -0.1) is 0 Å². The maximum atomic E-state index is 12.6. The molecule has 2 aromatic heterocycles. The smallest absolute Gasteiger partial charge is 0.275 e. The van der Waals surface area contributed by atoms with Gasteiger partial charge in [0.15, 0.2) is 0 Å². The molecule has 5 aromatic rings. The van der Waals surface area contributed by atoms with Crippen molar-refractivity contribution in [2.75, 3.05) is 12.4 Å². The molecule has 0 radical (unpaired) electrons. The zero-order chi connectivity index (χ0) is 20.7. The normalized spacial score (nSPS) is 11.2. The van der Waals surface area contributed by atoms with Crippen molar-refractivity contribution in [2.45, 2.75) is 6.54 Å². The maximum absolute atomic E-state index is 12.6. The molecule has 1 amide bonds. The summed E-state index contributed by atoms with van der Waals surface area (Å²) in [5.41, 5.74) is 1.53. The number of fused-ring (bicyclic) bond motifs is 4. The zero-order valence-electron chi connectivity index (χ0n) is 16.1. The van der Waals surface area contributed by atoms with Crippen LogP contribution in [-0.4, -0.2) is 22.8 Å². The molecule has 5 rings (SSSR count). The van der Waals surface area contributed by atoms with Gasteiger partial charge in [0.1, 0.15) is 23.5 Å². The van der Waals surface area contributed by atoms with E-state index in [1.54, 1.807) is 24.4 Å². The van der Waals surface area contributed by atoms with Crippen molar-refractivity contribution >= 4 is 44.3 Å². The summed E-state index contributed by atoms with van der Waals surface area (Å²) < 4.78 is 12.5. The first kappa shape index (κ1) is 17.9. The molecule has 0 fully saturated rings. The van der Waals surface area contributed by atoms with E-state index in [0.29, 0.717) is 22.4 Å². The van der Waals surface area contributed by atoms with Crippen molar-refractivity contribution in [3.05, 3.63) is 77.2 Å². The molecule has 148 valence electrons. The van der Waals surface area contributed by atoms with Gasteiger partial charge in [-0.25, -0.2) is 4.68 Å². The Morgan fingerprint density at radius 3 is 2.63 bits per heavy atom. The Kier molecular flexibility index (Phi) is 4.21. The summed E-state index contributed by atoms with van der Waals surface area (Å²) in [5, 5.41) is 10.0. The van der Waals surface area contributed by atoms with E-state index in [9.17, 15) is 9.59 Å². The van der Waals surface area contributed by atoms with E-state index in [4.69, 9.17) is 9.15 Å². The minimum Gasteiger partial charge on any atom is -0.495 e. The Balaban J connectivity index is 1.47. The summed E-state index contributed by atoms with van der Waals surface area (Å²) in [5.74, 6) is 0.106. The highest BCUT2D eigenvalue weighted by Crippen LogP contribution is 2.36. The van der Waals surface area contributed by atoms with E-state index in [1.807, 2.05) is 42.5 Å². The Hall–Kier alpha value is -4.13. The SMILES string of the molecule is COc1cc2c(cc1NC(=O)Cn1ncc3ccccc3c1=O)oc1ccccc12. The number of nitrogens with zero attached hydrogens (tertiary/aromatic N) is 2. The van der Waals surface area contributed by atoms with Crippen LogP contribution in [0.2, 0.25) is 0 Å². The number of hydrogen-bond acceptors (Lipinski definition) is 5. The first-order chi connectivity index (χ1) is 14.6. The molecule has 0 aliphatic rings. The van der Waals surface area contributed by atoms with Crippen LogP contribution in [0.3, 0.4) is 0 Å². The molecule has 3 aromatic carbocycles. The number of methoxy groups -OCH3 is 1. The molecule has 7 heteroatoms. The lowest BCUT2D eigenvalue weighted by atomic mass is 10.1. The number of carbonyl (C=O) groups is 1. The standard InChI is InChI=1S/C23H17N3O4/c1-29-21-10-17-16-8-4-5-9-19(16)30-20(17)11-18(21)25-22(27)13-26-23(28)15-7-3-2-6-14(15)12-24-26/h2-12H,13H2,1H3,(H,25,27). The van der Waals surface area contributed by atoms with Crippen LogP contribution in [0.25, 0.3) is 32.7 Å². The van der Waals surface area contributed by atoms with Gasteiger partial charge in [0.25, 0.3) is 5.56 Å². The lowest BCUT2D eigenvalue weighted by Gasteiger charge is -2.11. The number of rotatable bonds is 4. The molecule has 0 aliphatic heterocycles. The van der Waals surface area contributed by atoms with Crippen LogP contribution in [0.1, 0.15) is 0 Å². The molecule has 0 unspecified atom stereocenters. The third-order valence-corrected chi connectivity index (χ3v) is 5.03. The minimum absolute atomic E-state index is 0.217. The lowest BCUT2D eigenvalue weighted by Crippen LogP contribution is -2.29. The third-order valence-electron chi connectivity index (χ3n) is 5.03. The van der Waals surface area contributed by atoms with Gasteiger partial charge in [0.2, 0.25) is 5.91 Å². The van der Waals surface area contributed by atoms with Crippen molar-refractivity contribution in [3.8, 4) is 5.75 Å². The number of benzene rings is 3. The molecule has 0 bridgehead atoms. The average molecular weight is 399 g/mol. The Morgan fingerprint density at radius 1 is 1.03 bits per heavy atom. The zero-order valence-corrected chi connectivity index (χ0v) is 16.1. The van der Waals surface area contributed by atoms with Gasteiger partial charge in [-0.2, -0.15) is 5.10 Å². The number of ether oxygens (including phenoxy) is 1. The second-order valence-electron chi connectivity index (χ2n) is 6.89. The van der Waals surface area contributed by atoms with Crippen molar-refractivity contribution in [1.82, 2.24) is 9.78 Å². The number of carbonyl (C=O) groups excluding carboxylic acids is 1. The molecule has 0 aliphatic carbocycles. The largest absolute Gasteiger partial charge is 0.495 e. The van der Waals surface area contributed by atoms with E-state index in [2.05, 4.69) is 10.4 Å². The first-order valence-corrected chi connectivity index (χ1v) is 9.38. The third kappa shape index (κ3) is 2.97. The number of anilines is 1. The second kappa shape index (κ2) is 7.04. The fourth-order valence-corrected chi connectivity index (χ4v) is 3.58. The van der Waals surface area contributed by atoms with Gasteiger partial charge in [-0.1, -0.05) is 36.4 Å². The molecule has 0 spiro atoms. The summed E-state index contributed by atoms with van der Waals surface area (Å²) in [7, 11) is 1.54. The van der Waals surface area contributed by atoms with Gasteiger partial charge in [0.05, 0.1) is 24.4 Å². The molecule has 30 heavy (non-hydrogen) atoms. The van der Waals surface area contributed by atoms with E-state index in [-0.39, 0.29) is 12.1 Å². The quantitative estimate of drug-likeness (QED) is 0.495. The predicted octanol–water partition coefficient (Wildman–Crippen LogP) is 3.94. The summed E-state index contributed by atoms with van der Waals surface area (Å²) in [6.07, 6.45) is 1.57. The lowest BCUT2D eigenvalue weighted by molar-refractivity contribution is -0.117. The monoisotopic (exact) mass is 399 g/mol. The highest BCUT2D eigenvalue weighted by molar-refractivity contribution is 6.07. The van der Waals surface area contributed by atoms with Crippen LogP contribution >= 0.6 is 0 Å². The molecular formula is C23H17N3O4. The van der Waals surface area contributed by atoms with Crippen molar-refractivity contribution in [2.24, 2.45) is 0 Å². The summed E-state index contributed by atoms with van der Waals surface area (Å²) in [6.45, 7) is -0.217. The van der Waals surface area contributed by atoms with Crippen LogP contribution in [0.4, 0.5) is 5.69 Å². The number of nitrogens with one attached hydrogen (secondary N) is 1. The Labute approximate surface area is 170 Å². The topological polar surface area (TPSA) is 86.4 Å². The Bertz CT molecular complexity index is 1480. The summed E-state index contributed by atoms with van der Waals surface area (Å²) in [4.78, 5) is 25.2. The number of hydrogen-bond donors (Lipinski definition) is 1. The van der Waals surface area contributed by atoms with Crippen LogP contribution in [-0.2, 0) is 11.3 Å². The number of aromatic nitrogens is 2. The minimum atomic E-state index is -0.395. The molecule has 0 saturated carbocycles. The number of amides is 1. The van der Waals surface area contributed by atoms with Crippen LogP contribution in [0, 0.1) is 0 Å². The molecule has 7 nitrogen and oxygen atoms in total. The second-order valence-corrected chi connectivity index (χ2v) is 6.89. The Morgan fingerprint density at radius 2 is 1.80 bits per heavy atom. The molecular weight excluding hydrogens is 382 g/mol. The van der Waals surface area contributed by atoms with Crippen molar-refractivity contribution < 1.29 is 13.9 Å². The molecule has 2 heterocycles. The highest BCUT2D eigenvalue weighted by Gasteiger charge is 2.15. The van der Waals surface area contributed by atoms with Gasteiger partial charge in [-0.3, -0.25) is 9.59 Å². The molecule has 0 atom stereocenters. The number of para-hydroxylation sites is 1. The predicted molar refractivity (Wildman–Crippen MR) is 115 cm³/mol. The summed E-state index contributed by atoms with van der Waals surface area (Å²) >= 11 is 0. The molecule has 1 N–H and O–H groups in total. The van der Waals surface area contributed by atoms with E-state index >= 15 is 0 Å². The maximum Gasteiger partial charge on any atom is 0.275 e. The van der Waals surface area contributed by atoms with E-state index in [1.165, 1.54) is 7.11 Å². The fraction of sp³-hybridized carbons (Fsp3) is 0.0870. The first-order valence-electron chi connectivity index (χ1n) is 9.38. The van der Waals surface area contributed by atoms with Crippen LogP contribution < -0.4 is 15.6 Å². The number of furan rings is 1. The fourth-order valence-electron chi connectivity index (χ4n) is 3.58. The van der Waals surface area contributed by atoms with Crippen LogP contribution in [0.5, 0.6) is 5.75 Å². The average Bonchev–Trinajstić information content (AvgIpc) is 3.12. The highest BCUT2D eigenvalue weighted by atomic mass is 16.5. The van der Waals surface area contributed by atoms with E-state index < -0.39 is 5.91 Å². The van der Waals surface area contributed by atoms with Crippen molar-refractivity contribution in [1.29, 1.82) is 0 Å². The van der Waals surface area contributed by atoms with Gasteiger partial charge < -0.3 is 14.5 Å². The van der Waals surface area contributed by atoms with Crippen molar-refractivity contribution in [3.63, 3.8) is 0 Å².